The van der Waals surface area contributed by atoms with Gasteiger partial charge in [0, 0.05) is 25.3 Å². The minimum absolute atomic E-state index is 0.724. The van der Waals surface area contributed by atoms with Gasteiger partial charge in [-0.1, -0.05) is 42.5 Å². The van der Waals surface area contributed by atoms with Gasteiger partial charge in [0.15, 0.2) is 5.82 Å². The molecule has 5 heteroatoms. The SMILES string of the molecule is CN(C)c1ccc(/C=N\n2cnnc2-c2ccccc2)cc1. The largest absolute Gasteiger partial charge is 0.378 e. The van der Waals surface area contributed by atoms with Gasteiger partial charge in [-0.25, -0.2) is 0 Å². The smallest absolute Gasteiger partial charge is 0.184 e. The fourth-order valence-corrected chi connectivity index (χ4v) is 2.08. The number of hydrogen-bond acceptors (Lipinski definition) is 4. The van der Waals surface area contributed by atoms with Gasteiger partial charge in [-0.15, -0.1) is 10.2 Å². The third-order valence-electron chi connectivity index (χ3n) is 3.30. The Labute approximate surface area is 129 Å². The summed E-state index contributed by atoms with van der Waals surface area (Å²) in [6.45, 7) is 0. The maximum Gasteiger partial charge on any atom is 0.184 e. The molecule has 0 radical (unpaired) electrons. The summed E-state index contributed by atoms with van der Waals surface area (Å²) in [4.78, 5) is 2.06. The molecule has 0 saturated heterocycles. The Kier molecular flexibility index (Phi) is 3.96. The topological polar surface area (TPSA) is 46.3 Å². The molecule has 3 aromatic rings. The zero-order valence-corrected chi connectivity index (χ0v) is 12.6. The molecule has 0 aliphatic rings. The molecule has 0 amide bonds. The first-order valence-electron chi connectivity index (χ1n) is 7.01. The lowest BCUT2D eigenvalue weighted by Crippen LogP contribution is -2.08. The summed E-state index contributed by atoms with van der Waals surface area (Å²) in [6, 6.07) is 18.1. The van der Waals surface area contributed by atoms with Crippen molar-refractivity contribution >= 4 is 11.9 Å². The molecule has 1 aromatic heterocycles. The first kappa shape index (κ1) is 14.0. The van der Waals surface area contributed by atoms with Gasteiger partial charge in [-0.05, 0) is 17.7 Å². The van der Waals surface area contributed by atoms with Crippen molar-refractivity contribution in [1.29, 1.82) is 0 Å². The molecular weight excluding hydrogens is 274 g/mol. The lowest BCUT2D eigenvalue weighted by atomic mass is 10.2. The molecule has 5 nitrogen and oxygen atoms in total. The van der Waals surface area contributed by atoms with Gasteiger partial charge in [-0.2, -0.15) is 9.78 Å². The first-order valence-corrected chi connectivity index (χ1v) is 7.01. The van der Waals surface area contributed by atoms with Gasteiger partial charge < -0.3 is 4.90 Å². The average Bonchev–Trinajstić information content (AvgIpc) is 3.02. The van der Waals surface area contributed by atoms with Crippen LogP contribution in [0.1, 0.15) is 5.56 Å². The van der Waals surface area contributed by atoms with Gasteiger partial charge in [-0.3, -0.25) is 0 Å². The second-order valence-corrected chi connectivity index (χ2v) is 5.10. The predicted octanol–water partition coefficient (Wildman–Crippen LogP) is 2.89. The second-order valence-electron chi connectivity index (χ2n) is 5.10. The van der Waals surface area contributed by atoms with E-state index in [1.54, 1.807) is 17.2 Å². The van der Waals surface area contributed by atoms with E-state index in [0.29, 0.717) is 0 Å². The van der Waals surface area contributed by atoms with Gasteiger partial charge >= 0.3 is 0 Å². The summed E-state index contributed by atoms with van der Waals surface area (Å²) in [6.07, 6.45) is 3.41. The predicted molar refractivity (Wildman–Crippen MR) is 89.2 cm³/mol. The van der Waals surface area contributed by atoms with Gasteiger partial charge in [0.05, 0.1) is 6.21 Å². The number of hydrogen-bond donors (Lipinski definition) is 0. The summed E-state index contributed by atoms with van der Waals surface area (Å²) in [5.41, 5.74) is 3.17. The standard InChI is InChI=1S/C17H17N5/c1-21(2)16-10-8-14(9-11-16)12-19-22-13-18-20-17(22)15-6-4-3-5-7-15/h3-13H,1-2H3/b19-12-. The van der Waals surface area contributed by atoms with Crippen LogP contribution >= 0.6 is 0 Å². The molecule has 110 valence electrons. The zero-order chi connectivity index (χ0) is 15.4. The Morgan fingerprint density at radius 1 is 1.00 bits per heavy atom. The molecule has 22 heavy (non-hydrogen) atoms. The van der Waals surface area contributed by atoms with Crippen LogP contribution in [0.5, 0.6) is 0 Å². The quantitative estimate of drug-likeness (QED) is 0.694. The minimum Gasteiger partial charge on any atom is -0.378 e. The number of anilines is 1. The van der Waals surface area contributed by atoms with Crippen LogP contribution in [0.15, 0.2) is 66.0 Å². The van der Waals surface area contributed by atoms with E-state index >= 15 is 0 Å². The van der Waals surface area contributed by atoms with Crippen molar-refractivity contribution in [3.8, 4) is 11.4 Å². The van der Waals surface area contributed by atoms with Gasteiger partial charge in [0.1, 0.15) is 6.33 Å². The fraction of sp³-hybridized carbons (Fsp3) is 0.118. The molecule has 3 rings (SSSR count). The lowest BCUT2D eigenvalue weighted by Gasteiger charge is -2.11. The van der Waals surface area contributed by atoms with Crippen LogP contribution in [0.3, 0.4) is 0 Å². The Morgan fingerprint density at radius 3 is 2.41 bits per heavy atom. The number of nitrogens with zero attached hydrogens (tertiary/aromatic N) is 5. The number of aromatic nitrogens is 3. The molecule has 0 saturated carbocycles. The van der Waals surface area contributed by atoms with Crippen molar-refractivity contribution in [3.05, 3.63) is 66.5 Å². The Balaban J connectivity index is 1.83. The Bertz CT molecular complexity index is 757. The molecule has 0 aliphatic heterocycles. The van der Waals surface area contributed by atoms with E-state index in [1.165, 1.54) is 0 Å². The van der Waals surface area contributed by atoms with Crippen LogP contribution in [0, 0.1) is 0 Å². The summed E-state index contributed by atoms with van der Waals surface area (Å²) in [5, 5.41) is 12.5. The van der Waals surface area contributed by atoms with Crippen molar-refractivity contribution in [1.82, 2.24) is 14.9 Å². The highest BCUT2D eigenvalue weighted by Gasteiger charge is 2.05. The van der Waals surface area contributed by atoms with Crippen molar-refractivity contribution in [3.63, 3.8) is 0 Å². The second kappa shape index (κ2) is 6.22. The van der Waals surface area contributed by atoms with E-state index in [0.717, 1.165) is 22.6 Å². The van der Waals surface area contributed by atoms with E-state index < -0.39 is 0 Å². The number of rotatable bonds is 4. The maximum atomic E-state index is 4.44. The van der Waals surface area contributed by atoms with Crippen LogP contribution < -0.4 is 4.90 Å². The highest BCUT2D eigenvalue weighted by atomic mass is 15.4. The molecule has 2 aromatic carbocycles. The van der Waals surface area contributed by atoms with Crippen molar-refractivity contribution in [2.24, 2.45) is 5.10 Å². The van der Waals surface area contributed by atoms with E-state index in [1.807, 2.05) is 56.6 Å². The third kappa shape index (κ3) is 3.03. The van der Waals surface area contributed by atoms with E-state index in [4.69, 9.17) is 0 Å². The Hall–Kier alpha value is -2.95. The molecule has 0 N–H and O–H groups in total. The summed E-state index contributed by atoms with van der Waals surface area (Å²) in [7, 11) is 4.04. The van der Waals surface area contributed by atoms with Gasteiger partial charge in [0.25, 0.3) is 0 Å². The molecular formula is C17H17N5. The molecule has 0 aliphatic carbocycles. The normalized spacial score (nSPS) is 11.0. The van der Waals surface area contributed by atoms with Crippen molar-refractivity contribution in [2.75, 3.05) is 19.0 Å². The van der Waals surface area contributed by atoms with E-state index in [9.17, 15) is 0 Å². The van der Waals surface area contributed by atoms with Crippen LogP contribution in [0.25, 0.3) is 11.4 Å². The zero-order valence-electron chi connectivity index (χ0n) is 12.6. The van der Waals surface area contributed by atoms with Crippen LogP contribution in [0.2, 0.25) is 0 Å². The lowest BCUT2D eigenvalue weighted by molar-refractivity contribution is 0.888. The Morgan fingerprint density at radius 2 is 1.73 bits per heavy atom. The molecule has 0 spiro atoms. The van der Waals surface area contributed by atoms with E-state index in [-0.39, 0.29) is 0 Å². The van der Waals surface area contributed by atoms with E-state index in [2.05, 4.69) is 32.3 Å². The average molecular weight is 291 g/mol. The first-order chi connectivity index (χ1) is 10.7. The number of benzene rings is 2. The van der Waals surface area contributed by atoms with Gasteiger partial charge in [0.2, 0.25) is 0 Å². The highest BCUT2D eigenvalue weighted by molar-refractivity contribution is 5.80. The monoisotopic (exact) mass is 291 g/mol. The van der Waals surface area contributed by atoms with Crippen molar-refractivity contribution in [2.45, 2.75) is 0 Å². The summed E-state index contributed by atoms with van der Waals surface area (Å²) >= 11 is 0. The fourth-order valence-electron chi connectivity index (χ4n) is 2.08. The third-order valence-corrected chi connectivity index (χ3v) is 3.30. The minimum atomic E-state index is 0.724. The summed E-state index contributed by atoms with van der Waals surface area (Å²) in [5.74, 6) is 0.724. The molecule has 1 heterocycles. The van der Waals surface area contributed by atoms with Crippen molar-refractivity contribution < 1.29 is 0 Å². The van der Waals surface area contributed by atoms with Crippen LogP contribution in [-0.2, 0) is 0 Å². The maximum absolute atomic E-state index is 4.44. The molecule has 0 unspecified atom stereocenters. The van der Waals surface area contributed by atoms with Crippen LogP contribution in [-0.4, -0.2) is 35.2 Å². The molecule has 0 fully saturated rings. The van der Waals surface area contributed by atoms with Crippen LogP contribution in [0.4, 0.5) is 5.69 Å². The summed E-state index contributed by atoms with van der Waals surface area (Å²) < 4.78 is 1.68. The highest BCUT2D eigenvalue weighted by Crippen LogP contribution is 2.15. The molecule has 0 bridgehead atoms. The molecule has 0 atom stereocenters.